The van der Waals surface area contributed by atoms with Crippen LogP contribution >= 0.6 is 0 Å². The van der Waals surface area contributed by atoms with Crippen LogP contribution in [-0.2, 0) is 10.6 Å². The molecule has 0 spiro atoms. The minimum Gasteiger partial charge on any atom is -0.212 e. The van der Waals surface area contributed by atoms with Crippen LogP contribution < -0.4 is 0 Å². The van der Waals surface area contributed by atoms with Crippen molar-refractivity contribution in [1.82, 2.24) is 0 Å². The molecule has 0 N–H and O–H groups in total. The molecule has 0 saturated carbocycles. The number of benzene rings is 1. The Balaban J connectivity index is 3.20. The molecule has 0 aliphatic heterocycles. The molecular formula is C11H12FNO. The maximum Gasteiger partial charge on any atom is 0.238 e. The van der Waals surface area contributed by atoms with Crippen LogP contribution in [0.2, 0.25) is 0 Å². The topological polar surface area (TPSA) is 29.4 Å². The molecule has 3 heteroatoms. The lowest BCUT2D eigenvalue weighted by Gasteiger charge is -2.14. The summed E-state index contributed by atoms with van der Waals surface area (Å²) >= 11 is 0. The summed E-state index contributed by atoms with van der Waals surface area (Å²) in [4.78, 5) is 13.1. The van der Waals surface area contributed by atoms with E-state index in [1.54, 1.807) is 12.1 Å². The summed E-state index contributed by atoms with van der Waals surface area (Å²) in [6.45, 7) is 5.07. The molecule has 1 atom stereocenters. The molecule has 0 heterocycles. The van der Waals surface area contributed by atoms with Gasteiger partial charge in [-0.3, -0.25) is 0 Å². The molecule has 0 radical (unpaired) electrons. The molecule has 2 nitrogen and oxygen atoms in total. The van der Waals surface area contributed by atoms with Crippen LogP contribution in [0, 0.1) is 13.8 Å². The first-order valence-electron chi connectivity index (χ1n) is 4.33. The van der Waals surface area contributed by atoms with Crippen LogP contribution in [-0.4, -0.2) is 6.08 Å². The number of aliphatic imine (C=N–C) groups is 1. The van der Waals surface area contributed by atoms with Gasteiger partial charge in [0.1, 0.15) is 0 Å². The molecule has 14 heavy (non-hydrogen) atoms. The molecule has 0 fully saturated rings. The zero-order valence-corrected chi connectivity index (χ0v) is 8.47. The normalized spacial score (nSPS) is 14.3. The van der Waals surface area contributed by atoms with Crippen molar-refractivity contribution in [3.05, 3.63) is 34.9 Å². The van der Waals surface area contributed by atoms with E-state index in [-0.39, 0.29) is 0 Å². The van der Waals surface area contributed by atoms with E-state index in [0.717, 1.165) is 11.1 Å². The highest BCUT2D eigenvalue weighted by Gasteiger charge is 2.24. The molecular weight excluding hydrogens is 181 g/mol. The smallest absolute Gasteiger partial charge is 0.212 e. The first kappa shape index (κ1) is 10.6. The van der Waals surface area contributed by atoms with Gasteiger partial charge in [0.15, 0.2) is 0 Å². The first-order chi connectivity index (χ1) is 6.47. The number of carbonyl (C=O) groups excluding carboxylic acids is 1. The lowest BCUT2D eigenvalue weighted by molar-refractivity contribution is 0.206. The molecule has 1 aromatic rings. The Morgan fingerprint density at radius 1 is 1.36 bits per heavy atom. The molecule has 0 aliphatic carbocycles. The number of hydrogen-bond acceptors (Lipinski definition) is 2. The SMILES string of the molecule is Cc1ccc(C(C)(F)N=C=O)cc1C. The molecule has 1 rings (SSSR count). The van der Waals surface area contributed by atoms with Crippen molar-refractivity contribution in [3.63, 3.8) is 0 Å². The first-order valence-corrected chi connectivity index (χ1v) is 4.33. The predicted molar refractivity (Wildman–Crippen MR) is 52.5 cm³/mol. The molecule has 1 unspecified atom stereocenters. The summed E-state index contributed by atoms with van der Waals surface area (Å²) in [5.74, 6) is -1.97. The van der Waals surface area contributed by atoms with Crippen molar-refractivity contribution in [2.45, 2.75) is 26.6 Å². The van der Waals surface area contributed by atoms with Gasteiger partial charge in [0, 0.05) is 5.56 Å². The average molecular weight is 193 g/mol. The van der Waals surface area contributed by atoms with Gasteiger partial charge in [-0.1, -0.05) is 18.2 Å². The monoisotopic (exact) mass is 193 g/mol. The van der Waals surface area contributed by atoms with Gasteiger partial charge in [-0.05, 0) is 31.9 Å². The van der Waals surface area contributed by atoms with Crippen LogP contribution in [0.15, 0.2) is 23.2 Å². The molecule has 0 aromatic heterocycles. The maximum absolute atomic E-state index is 13.7. The second-order valence-electron chi connectivity index (χ2n) is 3.46. The fourth-order valence-corrected chi connectivity index (χ4v) is 1.18. The lowest BCUT2D eigenvalue weighted by Crippen LogP contribution is -2.11. The number of isocyanates is 1. The predicted octanol–water partition coefficient (Wildman–Crippen LogP) is 2.78. The summed E-state index contributed by atoms with van der Waals surface area (Å²) in [6.07, 6.45) is 1.24. The van der Waals surface area contributed by atoms with E-state index >= 15 is 0 Å². The van der Waals surface area contributed by atoms with Gasteiger partial charge in [-0.25, -0.2) is 9.18 Å². The Morgan fingerprint density at radius 3 is 2.50 bits per heavy atom. The zero-order valence-electron chi connectivity index (χ0n) is 8.47. The Hall–Kier alpha value is -1.47. The van der Waals surface area contributed by atoms with Crippen molar-refractivity contribution >= 4 is 6.08 Å². The summed E-state index contributed by atoms with van der Waals surface area (Å²) < 4.78 is 13.7. The number of alkyl halides is 1. The Kier molecular flexibility index (Phi) is 2.82. The second kappa shape index (κ2) is 3.72. The van der Waals surface area contributed by atoms with E-state index < -0.39 is 5.79 Å². The third kappa shape index (κ3) is 2.06. The van der Waals surface area contributed by atoms with Crippen molar-refractivity contribution in [2.75, 3.05) is 0 Å². The van der Waals surface area contributed by atoms with Crippen LogP contribution in [0.3, 0.4) is 0 Å². The Bertz CT molecular complexity index is 392. The van der Waals surface area contributed by atoms with Gasteiger partial charge in [0.05, 0.1) is 0 Å². The van der Waals surface area contributed by atoms with E-state index in [9.17, 15) is 9.18 Å². The van der Waals surface area contributed by atoms with Gasteiger partial charge in [0.2, 0.25) is 11.9 Å². The van der Waals surface area contributed by atoms with Crippen molar-refractivity contribution < 1.29 is 9.18 Å². The third-order valence-electron chi connectivity index (χ3n) is 2.29. The summed E-state index contributed by atoms with van der Waals surface area (Å²) in [7, 11) is 0. The van der Waals surface area contributed by atoms with Crippen molar-refractivity contribution in [2.24, 2.45) is 4.99 Å². The summed E-state index contributed by atoms with van der Waals surface area (Å²) in [5.41, 5.74) is 2.44. The quantitative estimate of drug-likeness (QED) is 0.403. The largest absolute Gasteiger partial charge is 0.238 e. The van der Waals surface area contributed by atoms with E-state index in [1.807, 2.05) is 19.9 Å². The molecule has 1 aromatic carbocycles. The highest BCUT2D eigenvalue weighted by molar-refractivity contribution is 5.38. The van der Waals surface area contributed by atoms with Gasteiger partial charge in [-0.15, -0.1) is 0 Å². The Labute approximate surface area is 82.5 Å². The average Bonchev–Trinajstić information content (AvgIpc) is 2.09. The zero-order chi connectivity index (χ0) is 10.8. The number of nitrogens with zero attached hydrogens (tertiary/aromatic N) is 1. The summed E-state index contributed by atoms with van der Waals surface area (Å²) in [5, 5.41) is 0. The fraction of sp³-hybridized carbons (Fsp3) is 0.364. The van der Waals surface area contributed by atoms with Crippen LogP contribution in [0.4, 0.5) is 4.39 Å². The number of hydrogen-bond donors (Lipinski definition) is 0. The molecule has 0 amide bonds. The van der Waals surface area contributed by atoms with Crippen molar-refractivity contribution in [3.8, 4) is 0 Å². The van der Waals surface area contributed by atoms with Crippen LogP contribution in [0.25, 0.3) is 0 Å². The molecule has 74 valence electrons. The highest BCUT2D eigenvalue weighted by atomic mass is 19.1. The number of rotatable bonds is 2. The van der Waals surface area contributed by atoms with E-state index in [0.29, 0.717) is 5.56 Å². The summed E-state index contributed by atoms with van der Waals surface area (Å²) in [6, 6.07) is 5.13. The minimum atomic E-state index is -1.97. The van der Waals surface area contributed by atoms with E-state index in [2.05, 4.69) is 4.99 Å². The van der Waals surface area contributed by atoms with Gasteiger partial charge in [-0.2, -0.15) is 4.99 Å². The highest BCUT2D eigenvalue weighted by Crippen LogP contribution is 2.27. The van der Waals surface area contributed by atoms with E-state index in [4.69, 9.17) is 0 Å². The minimum absolute atomic E-state index is 0.379. The van der Waals surface area contributed by atoms with Crippen molar-refractivity contribution in [1.29, 1.82) is 0 Å². The van der Waals surface area contributed by atoms with Crippen LogP contribution in [0.1, 0.15) is 23.6 Å². The van der Waals surface area contributed by atoms with E-state index in [1.165, 1.54) is 13.0 Å². The van der Waals surface area contributed by atoms with Gasteiger partial charge in [0.25, 0.3) is 0 Å². The Morgan fingerprint density at radius 2 is 2.00 bits per heavy atom. The third-order valence-corrected chi connectivity index (χ3v) is 2.29. The lowest BCUT2D eigenvalue weighted by atomic mass is 10.0. The van der Waals surface area contributed by atoms with Gasteiger partial charge >= 0.3 is 0 Å². The maximum atomic E-state index is 13.7. The standard InChI is InChI=1S/C11H12FNO/c1-8-4-5-10(6-9(8)2)11(3,12)13-7-14/h4-6H,1-3H3. The van der Waals surface area contributed by atoms with Crippen LogP contribution in [0.5, 0.6) is 0 Å². The molecule has 0 bridgehead atoms. The number of halogens is 1. The molecule has 0 saturated heterocycles. The number of aryl methyl sites for hydroxylation is 2. The molecule has 0 aliphatic rings. The second-order valence-corrected chi connectivity index (χ2v) is 3.46. The fourth-order valence-electron chi connectivity index (χ4n) is 1.18. The van der Waals surface area contributed by atoms with Gasteiger partial charge < -0.3 is 0 Å².